The van der Waals surface area contributed by atoms with Crippen molar-refractivity contribution in [2.75, 3.05) is 45.5 Å². The number of thiazole rings is 1. The molecule has 0 unspecified atom stereocenters. The molecule has 0 N–H and O–H groups in total. The zero-order valence-corrected chi connectivity index (χ0v) is 18.8. The predicted molar refractivity (Wildman–Crippen MR) is 122 cm³/mol. The summed E-state index contributed by atoms with van der Waals surface area (Å²) in [7, 11) is 5.62. The third kappa shape index (κ3) is 4.97. The van der Waals surface area contributed by atoms with Crippen molar-refractivity contribution in [1.82, 2.24) is 9.88 Å². The van der Waals surface area contributed by atoms with Gasteiger partial charge in [-0.15, -0.1) is 24.2 Å². The molecule has 0 aliphatic heterocycles. The molecule has 0 saturated carbocycles. The number of carbonyl (C=O) groups excluding carboxylic acids is 1. The number of hydrogen-bond acceptors (Lipinski definition) is 6. The number of hydrogen-bond donors (Lipinski definition) is 0. The highest BCUT2D eigenvalue weighted by atomic mass is 35.5. The molecule has 0 spiro atoms. The molecule has 5 nitrogen and oxygen atoms in total. The van der Waals surface area contributed by atoms with Crippen LogP contribution in [-0.4, -0.2) is 56.3 Å². The van der Waals surface area contributed by atoms with Crippen LogP contribution >= 0.6 is 35.5 Å². The normalized spacial score (nSPS) is 10.8. The summed E-state index contributed by atoms with van der Waals surface area (Å²) in [5.41, 5.74) is 1.58. The minimum Gasteiger partial charge on any atom is -0.497 e. The molecule has 0 atom stereocenters. The third-order valence-electron chi connectivity index (χ3n) is 4.17. The van der Waals surface area contributed by atoms with Crippen LogP contribution in [0.25, 0.3) is 10.2 Å². The number of aromatic nitrogens is 1. The summed E-state index contributed by atoms with van der Waals surface area (Å²) in [5, 5.41) is 0.731. The molecule has 1 heterocycles. The van der Waals surface area contributed by atoms with Crippen LogP contribution in [0.2, 0.25) is 0 Å². The van der Waals surface area contributed by atoms with E-state index < -0.39 is 0 Å². The highest BCUT2D eigenvalue weighted by Gasteiger charge is 2.22. The van der Waals surface area contributed by atoms with E-state index in [-0.39, 0.29) is 18.3 Å². The lowest BCUT2D eigenvalue weighted by atomic mass is 10.2. The molecule has 28 heavy (non-hydrogen) atoms. The zero-order chi connectivity index (χ0) is 19.4. The molecule has 0 bridgehead atoms. The van der Waals surface area contributed by atoms with E-state index in [4.69, 9.17) is 9.72 Å². The fourth-order valence-corrected chi connectivity index (χ4v) is 4.31. The number of likely N-dealkylation sites (N-methyl/N-ethyl adjacent to an activating group) is 1. The van der Waals surface area contributed by atoms with Crippen LogP contribution in [0.1, 0.15) is 10.4 Å². The van der Waals surface area contributed by atoms with Crippen LogP contribution in [0, 0.1) is 0 Å². The van der Waals surface area contributed by atoms with E-state index in [1.54, 1.807) is 47.2 Å². The second-order valence-corrected chi connectivity index (χ2v) is 8.15. The Morgan fingerprint density at radius 2 is 1.86 bits per heavy atom. The minimum absolute atomic E-state index is 0. The van der Waals surface area contributed by atoms with Gasteiger partial charge in [0.15, 0.2) is 5.13 Å². The number of fused-ring (bicyclic) bond motifs is 1. The molecule has 1 aromatic heterocycles. The highest BCUT2D eigenvalue weighted by Crippen LogP contribution is 2.34. The van der Waals surface area contributed by atoms with Crippen molar-refractivity contribution in [2.45, 2.75) is 4.90 Å². The minimum atomic E-state index is -0.0516. The number of anilines is 1. The van der Waals surface area contributed by atoms with Crippen molar-refractivity contribution in [1.29, 1.82) is 0 Å². The summed E-state index contributed by atoms with van der Waals surface area (Å²) in [6.07, 6.45) is 2.04. The fourth-order valence-electron chi connectivity index (χ4n) is 2.67. The number of nitrogens with zero attached hydrogens (tertiary/aromatic N) is 3. The molecular weight excluding hydrogens is 414 g/mol. The van der Waals surface area contributed by atoms with E-state index in [2.05, 4.69) is 17.0 Å². The van der Waals surface area contributed by atoms with E-state index in [1.807, 2.05) is 38.6 Å². The van der Waals surface area contributed by atoms with E-state index in [0.29, 0.717) is 12.1 Å². The Morgan fingerprint density at radius 3 is 2.46 bits per heavy atom. The van der Waals surface area contributed by atoms with Gasteiger partial charge in [0.1, 0.15) is 5.75 Å². The van der Waals surface area contributed by atoms with E-state index in [0.717, 1.165) is 32.5 Å². The number of ether oxygens (including phenoxy) is 1. The van der Waals surface area contributed by atoms with Crippen molar-refractivity contribution in [3.8, 4) is 5.75 Å². The van der Waals surface area contributed by atoms with Gasteiger partial charge in [-0.2, -0.15) is 0 Å². The molecule has 1 amide bonds. The summed E-state index contributed by atoms with van der Waals surface area (Å²) >= 11 is 3.22. The van der Waals surface area contributed by atoms with Gasteiger partial charge in [-0.1, -0.05) is 17.4 Å². The summed E-state index contributed by atoms with van der Waals surface area (Å²) in [5.74, 6) is 0.681. The number of amides is 1. The monoisotopic (exact) mass is 437 g/mol. The Balaban J connectivity index is 0.00000280. The van der Waals surface area contributed by atoms with Gasteiger partial charge in [0.05, 0.1) is 17.3 Å². The molecule has 3 rings (SSSR count). The summed E-state index contributed by atoms with van der Waals surface area (Å²) < 4.78 is 6.29. The average Bonchev–Trinajstić information content (AvgIpc) is 3.11. The van der Waals surface area contributed by atoms with E-state index in [9.17, 15) is 4.79 Å². The first-order chi connectivity index (χ1) is 13.0. The van der Waals surface area contributed by atoms with Gasteiger partial charge in [0, 0.05) is 23.5 Å². The number of benzene rings is 2. The molecule has 0 saturated heterocycles. The van der Waals surface area contributed by atoms with Gasteiger partial charge < -0.3 is 9.64 Å². The Hall–Kier alpha value is -1.80. The SMILES string of the molecule is COc1ccc(C(=O)N(CCN(C)C)c2nc3c(SC)cccc3s2)cc1.Cl. The third-order valence-corrected chi connectivity index (χ3v) is 5.99. The number of thioether (sulfide) groups is 1. The van der Waals surface area contributed by atoms with E-state index >= 15 is 0 Å². The lowest BCUT2D eigenvalue weighted by Gasteiger charge is -2.22. The van der Waals surface area contributed by atoms with Crippen LogP contribution in [0.15, 0.2) is 47.4 Å². The Kier molecular flexibility index (Phi) is 8.12. The molecule has 3 aromatic rings. The molecule has 150 valence electrons. The first kappa shape index (κ1) is 22.5. The Labute approximate surface area is 180 Å². The first-order valence-corrected chi connectivity index (χ1v) is 10.6. The second-order valence-electron chi connectivity index (χ2n) is 6.29. The number of methoxy groups -OCH3 is 1. The Bertz CT molecular complexity index is 929. The molecule has 0 aliphatic rings. The Morgan fingerprint density at radius 1 is 1.14 bits per heavy atom. The highest BCUT2D eigenvalue weighted by molar-refractivity contribution is 7.98. The maximum Gasteiger partial charge on any atom is 0.260 e. The van der Waals surface area contributed by atoms with E-state index in [1.165, 1.54) is 0 Å². The summed E-state index contributed by atoms with van der Waals surface area (Å²) in [6, 6.07) is 13.4. The van der Waals surface area contributed by atoms with Crippen molar-refractivity contribution in [3.63, 3.8) is 0 Å². The van der Waals surface area contributed by atoms with Crippen LogP contribution in [0.4, 0.5) is 5.13 Å². The largest absolute Gasteiger partial charge is 0.497 e. The van der Waals surface area contributed by atoms with Crippen LogP contribution < -0.4 is 9.64 Å². The van der Waals surface area contributed by atoms with Crippen LogP contribution in [-0.2, 0) is 0 Å². The van der Waals surface area contributed by atoms with Crippen molar-refractivity contribution >= 4 is 56.8 Å². The molecule has 2 aromatic carbocycles. The van der Waals surface area contributed by atoms with Gasteiger partial charge >= 0.3 is 0 Å². The zero-order valence-electron chi connectivity index (χ0n) is 16.3. The molecular formula is C20H24ClN3O2S2. The number of carbonyl (C=O) groups is 1. The lowest BCUT2D eigenvalue weighted by molar-refractivity contribution is 0.0985. The van der Waals surface area contributed by atoms with Crippen molar-refractivity contribution in [2.24, 2.45) is 0 Å². The van der Waals surface area contributed by atoms with Crippen molar-refractivity contribution in [3.05, 3.63) is 48.0 Å². The predicted octanol–water partition coefficient (Wildman–Crippen LogP) is 4.66. The molecule has 8 heteroatoms. The summed E-state index contributed by atoms with van der Waals surface area (Å²) in [6.45, 7) is 1.33. The lowest BCUT2D eigenvalue weighted by Crippen LogP contribution is -2.36. The molecule has 0 fully saturated rings. The fraction of sp³-hybridized carbons (Fsp3) is 0.300. The number of rotatable bonds is 7. The number of para-hydroxylation sites is 1. The van der Waals surface area contributed by atoms with Crippen LogP contribution in [0.5, 0.6) is 5.75 Å². The van der Waals surface area contributed by atoms with Crippen LogP contribution in [0.3, 0.4) is 0 Å². The van der Waals surface area contributed by atoms with Gasteiger partial charge in [-0.05, 0) is 56.7 Å². The average molecular weight is 438 g/mol. The van der Waals surface area contributed by atoms with Gasteiger partial charge in [0.2, 0.25) is 0 Å². The topological polar surface area (TPSA) is 45.7 Å². The maximum absolute atomic E-state index is 13.2. The van der Waals surface area contributed by atoms with Crippen molar-refractivity contribution < 1.29 is 9.53 Å². The first-order valence-electron chi connectivity index (χ1n) is 8.57. The van der Waals surface area contributed by atoms with Gasteiger partial charge in [-0.3, -0.25) is 9.69 Å². The second kappa shape index (κ2) is 10.1. The number of halogens is 1. The molecule has 0 radical (unpaired) electrons. The standard InChI is InChI=1S/C20H23N3O2S2.ClH/c1-22(2)12-13-23(19(24)14-8-10-15(25-3)11-9-14)20-21-18-16(26-4)6-5-7-17(18)27-20;/h5-11H,12-13H2,1-4H3;1H. The van der Waals surface area contributed by atoms with Gasteiger partial charge in [0.25, 0.3) is 5.91 Å². The smallest absolute Gasteiger partial charge is 0.260 e. The molecule has 0 aliphatic carbocycles. The quantitative estimate of drug-likeness (QED) is 0.503. The van der Waals surface area contributed by atoms with Gasteiger partial charge in [-0.25, -0.2) is 4.98 Å². The summed E-state index contributed by atoms with van der Waals surface area (Å²) in [4.78, 5) is 23.0. The maximum atomic E-state index is 13.2.